The van der Waals surface area contributed by atoms with Gasteiger partial charge in [0.1, 0.15) is 4.21 Å². The Morgan fingerprint density at radius 3 is 3.06 bits per heavy atom. The summed E-state index contributed by atoms with van der Waals surface area (Å²) in [7, 11) is -1.24. The van der Waals surface area contributed by atoms with Crippen molar-refractivity contribution >= 4 is 45.6 Å². The molecule has 2 heterocycles. The molecule has 0 saturated heterocycles. The van der Waals surface area contributed by atoms with Crippen LogP contribution in [0.5, 0.6) is 0 Å². The zero-order chi connectivity index (χ0) is 11.3. The van der Waals surface area contributed by atoms with E-state index in [2.05, 4.69) is 22.0 Å². The van der Waals surface area contributed by atoms with Crippen molar-refractivity contribution < 1.29 is 4.21 Å². The molecular formula is C9H10ClN3OS2. The van der Waals surface area contributed by atoms with Crippen LogP contribution in [0.2, 0.25) is 4.34 Å². The van der Waals surface area contributed by atoms with Gasteiger partial charge in [-0.3, -0.25) is 4.72 Å². The normalized spacial score (nSPS) is 28.1. The van der Waals surface area contributed by atoms with Gasteiger partial charge in [-0.05, 0) is 25.8 Å². The van der Waals surface area contributed by atoms with Crippen LogP contribution in [0.15, 0.2) is 15.3 Å². The summed E-state index contributed by atoms with van der Waals surface area (Å²) in [5.74, 6) is 0.584. The van der Waals surface area contributed by atoms with E-state index in [9.17, 15) is 4.21 Å². The van der Waals surface area contributed by atoms with Crippen molar-refractivity contribution in [2.45, 2.75) is 29.5 Å². The Morgan fingerprint density at radius 2 is 2.38 bits per heavy atom. The highest BCUT2D eigenvalue weighted by Gasteiger charge is 2.38. The number of thiophene rings is 1. The van der Waals surface area contributed by atoms with Crippen LogP contribution in [0.4, 0.5) is 5.69 Å². The Hall–Kier alpha value is -0.590. The third-order valence-electron chi connectivity index (χ3n) is 2.63. The summed E-state index contributed by atoms with van der Waals surface area (Å²) in [4.78, 5) is 4.50. The third kappa shape index (κ3) is 1.85. The summed E-state index contributed by atoms with van der Waals surface area (Å²) >= 11 is 7.20. The van der Waals surface area contributed by atoms with Crippen molar-refractivity contribution in [1.82, 2.24) is 4.72 Å². The molecule has 0 spiro atoms. The largest absolute Gasteiger partial charge is 0.324 e. The SMILES string of the molecule is CC1(N=C2Nc3cc(Cl)sc3S(=O)N2)CC1. The quantitative estimate of drug-likeness (QED) is 0.827. The van der Waals surface area contributed by atoms with Crippen LogP contribution in [0.1, 0.15) is 19.8 Å². The summed E-state index contributed by atoms with van der Waals surface area (Å²) in [6, 6.07) is 1.78. The number of hydrogen-bond acceptors (Lipinski definition) is 3. The van der Waals surface area contributed by atoms with E-state index in [0.717, 1.165) is 22.7 Å². The smallest absolute Gasteiger partial charge is 0.208 e. The number of guanidine groups is 1. The van der Waals surface area contributed by atoms with Crippen LogP contribution in [-0.4, -0.2) is 15.7 Å². The van der Waals surface area contributed by atoms with Crippen LogP contribution < -0.4 is 10.0 Å². The summed E-state index contributed by atoms with van der Waals surface area (Å²) < 4.78 is 16.0. The highest BCUT2D eigenvalue weighted by molar-refractivity contribution is 7.86. The first-order valence-electron chi connectivity index (χ1n) is 4.90. The topological polar surface area (TPSA) is 53.5 Å². The van der Waals surface area contributed by atoms with Crippen LogP contribution in [0.3, 0.4) is 0 Å². The Labute approximate surface area is 105 Å². The predicted octanol–water partition coefficient (Wildman–Crippen LogP) is 2.35. The maximum absolute atomic E-state index is 11.8. The second-order valence-corrected chi connectivity index (χ2v) is 7.30. The number of nitrogens with zero attached hydrogens (tertiary/aromatic N) is 1. The minimum absolute atomic E-state index is 0.0247. The molecule has 1 aliphatic carbocycles. The highest BCUT2D eigenvalue weighted by atomic mass is 35.5. The molecule has 4 nitrogen and oxygen atoms in total. The maximum Gasteiger partial charge on any atom is 0.208 e. The lowest BCUT2D eigenvalue weighted by Crippen LogP contribution is -2.37. The first-order chi connectivity index (χ1) is 7.56. The maximum atomic E-state index is 11.8. The zero-order valence-corrected chi connectivity index (χ0v) is 10.9. The molecular weight excluding hydrogens is 266 g/mol. The van der Waals surface area contributed by atoms with Gasteiger partial charge < -0.3 is 5.32 Å². The van der Waals surface area contributed by atoms with Crippen molar-refractivity contribution in [3.05, 3.63) is 10.4 Å². The van der Waals surface area contributed by atoms with Gasteiger partial charge >= 0.3 is 0 Å². The standard InChI is InChI=1S/C9H10ClN3OS2/c1-9(2-3-9)12-8-11-5-4-6(10)15-7(5)16(14)13-8/h4H,2-3H2,1H3,(H2,11,12,13). The van der Waals surface area contributed by atoms with Crippen molar-refractivity contribution in [1.29, 1.82) is 0 Å². The number of halogens is 1. The fourth-order valence-electron chi connectivity index (χ4n) is 1.47. The van der Waals surface area contributed by atoms with Gasteiger partial charge in [0.15, 0.2) is 11.0 Å². The molecule has 86 valence electrons. The van der Waals surface area contributed by atoms with Crippen molar-refractivity contribution in [3.63, 3.8) is 0 Å². The van der Waals surface area contributed by atoms with Gasteiger partial charge in [-0.25, -0.2) is 9.20 Å². The van der Waals surface area contributed by atoms with Crippen LogP contribution in [0.25, 0.3) is 0 Å². The second kappa shape index (κ2) is 3.45. The lowest BCUT2D eigenvalue weighted by molar-refractivity contribution is 0.681. The lowest BCUT2D eigenvalue weighted by Gasteiger charge is -2.18. The second-order valence-electron chi connectivity index (χ2n) is 4.20. The van der Waals surface area contributed by atoms with Crippen LogP contribution in [-0.2, 0) is 11.0 Å². The number of hydrogen-bond donors (Lipinski definition) is 2. The van der Waals surface area contributed by atoms with Crippen LogP contribution in [0, 0.1) is 0 Å². The average Bonchev–Trinajstić information content (AvgIpc) is 2.76. The minimum Gasteiger partial charge on any atom is -0.324 e. The molecule has 2 N–H and O–H groups in total. The number of nitrogens with one attached hydrogen (secondary N) is 2. The molecule has 1 unspecified atom stereocenters. The number of aliphatic imine (C=N–C) groups is 1. The highest BCUT2D eigenvalue weighted by Crippen LogP contribution is 2.40. The van der Waals surface area contributed by atoms with E-state index in [1.54, 1.807) is 6.07 Å². The average molecular weight is 276 g/mol. The van der Waals surface area contributed by atoms with Gasteiger partial charge in [-0.2, -0.15) is 0 Å². The van der Waals surface area contributed by atoms with Crippen LogP contribution >= 0.6 is 22.9 Å². The Kier molecular flexibility index (Phi) is 2.28. The monoisotopic (exact) mass is 275 g/mol. The van der Waals surface area contributed by atoms with E-state index in [-0.39, 0.29) is 5.54 Å². The Balaban J connectivity index is 1.94. The molecule has 0 radical (unpaired) electrons. The lowest BCUT2D eigenvalue weighted by atomic mass is 10.3. The minimum atomic E-state index is -1.24. The molecule has 0 bridgehead atoms. The third-order valence-corrected chi connectivity index (χ3v) is 5.33. The van der Waals surface area contributed by atoms with Gasteiger partial charge in [-0.15, -0.1) is 11.3 Å². The van der Waals surface area contributed by atoms with Gasteiger partial charge in [0.25, 0.3) is 0 Å². The number of anilines is 1. The number of fused-ring (bicyclic) bond motifs is 1. The summed E-state index contributed by atoms with van der Waals surface area (Å²) in [6.45, 7) is 2.09. The van der Waals surface area contributed by atoms with Crippen molar-refractivity contribution in [2.75, 3.05) is 5.32 Å². The van der Waals surface area contributed by atoms with E-state index >= 15 is 0 Å². The van der Waals surface area contributed by atoms with Gasteiger partial charge in [-0.1, -0.05) is 11.6 Å². The van der Waals surface area contributed by atoms with E-state index in [0.29, 0.717) is 10.3 Å². The Bertz CT molecular complexity index is 507. The summed E-state index contributed by atoms with van der Waals surface area (Å²) in [5.41, 5.74) is 0.826. The summed E-state index contributed by atoms with van der Waals surface area (Å²) in [5, 5.41) is 3.12. The Morgan fingerprint density at radius 1 is 1.62 bits per heavy atom. The summed E-state index contributed by atoms with van der Waals surface area (Å²) in [6.07, 6.45) is 2.17. The molecule has 16 heavy (non-hydrogen) atoms. The molecule has 1 aromatic heterocycles. The van der Waals surface area contributed by atoms with Gasteiger partial charge in [0, 0.05) is 0 Å². The molecule has 2 aliphatic rings. The van der Waals surface area contributed by atoms with Gasteiger partial charge in [0.2, 0.25) is 5.96 Å². The predicted molar refractivity (Wildman–Crippen MR) is 67.6 cm³/mol. The molecule has 1 fully saturated rings. The molecule has 3 rings (SSSR count). The molecule has 1 atom stereocenters. The molecule has 0 amide bonds. The molecule has 1 aromatic rings. The first-order valence-corrected chi connectivity index (χ1v) is 7.25. The molecule has 1 aliphatic heterocycles. The number of rotatable bonds is 1. The van der Waals surface area contributed by atoms with E-state index < -0.39 is 11.0 Å². The van der Waals surface area contributed by atoms with E-state index in [1.165, 1.54) is 11.3 Å². The van der Waals surface area contributed by atoms with E-state index in [4.69, 9.17) is 11.6 Å². The fraction of sp³-hybridized carbons (Fsp3) is 0.444. The first kappa shape index (κ1) is 10.6. The zero-order valence-electron chi connectivity index (χ0n) is 8.54. The van der Waals surface area contributed by atoms with Crippen molar-refractivity contribution in [2.24, 2.45) is 4.99 Å². The van der Waals surface area contributed by atoms with Crippen molar-refractivity contribution in [3.8, 4) is 0 Å². The molecule has 0 aromatic carbocycles. The van der Waals surface area contributed by atoms with Gasteiger partial charge in [0.05, 0.1) is 15.6 Å². The fourth-order valence-corrected chi connectivity index (χ4v) is 3.89. The molecule has 7 heteroatoms. The van der Waals surface area contributed by atoms with E-state index in [1.807, 2.05) is 0 Å². The molecule has 1 saturated carbocycles.